The molecule has 4 nitrogen and oxygen atoms in total. The van der Waals surface area contributed by atoms with Gasteiger partial charge in [-0.05, 0) is 36.1 Å². The Bertz CT molecular complexity index is 702. The van der Waals surface area contributed by atoms with Gasteiger partial charge in [0, 0.05) is 5.54 Å². The van der Waals surface area contributed by atoms with Crippen LogP contribution < -0.4 is 10.6 Å². The van der Waals surface area contributed by atoms with Crippen molar-refractivity contribution in [2.45, 2.75) is 44.2 Å². The number of fused-ring (bicyclic) bond motifs is 1. The molecule has 1 saturated carbocycles. The molecule has 3 rings (SSSR count). The van der Waals surface area contributed by atoms with Crippen molar-refractivity contribution in [2.75, 3.05) is 13.2 Å². The van der Waals surface area contributed by atoms with Gasteiger partial charge in [0.15, 0.2) is 0 Å². The molecule has 2 aromatic rings. The summed E-state index contributed by atoms with van der Waals surface area (Å²) in [7, 11) is 0. The molecule has 0 aromatic heterocycles. The smallest absolute Gasteiger partial charge is 0.234 e. The van der Waals surface area contributed by atoms with E-state index < -0.39 is 0 Å². The highest BCUT2D eigenvalue weighted by Gasteiger charge is 2.33. The molecule has 0 spiro atoms. The van der Waals surface area contributed by atoms with Gasteiger partial charge in [0.2, 0.25) is 5.91 Å². The van der Waals surface area contributed by atoms with Crippen molar-refractivity contribution in [3.05, 3.63) is 48.0 Å². The molecular weight excluding hydrogens is 300 g/mol. The van der Waals surface area contributed by atoms with Crippen molar-refractivity contribution in [3.63, 3.8) is 0 Å². The fourth-order valence-corrected chi connectivity index (χ4v) is 3.71. The van der Waals surface area contributed by atoms with Gasteiger partial charge in [-0.3, -0.25) is 4.79 Å². The summed E-state index contributed by atoms with van der Waals surface area (Å²) in [5.74, 6) is -0.0323. The zero-order chi connectivity index (χ0) is 17.0. The number of amides is 1. The van der Waals surface area contributed by atoms with E-state index in [-0.39, 0.29) is 30.6 Å². The minimum absolute atomic E-state index is 0.0323. The second-order valence-electron chi connectivity index (χ2n) is 6.86. The fraction of sp³-hybridized carbons (Fsp3) is 0.450. The van der Waals surface area contributed by atoms with Crippen LogP contribution >= 0.6 is 0 Å². The fourth-order valence-electron chi connectivity index (χ4n) is 3.71. The molecule has 3 N–H and O–H groups in total. The lowest BCUT2D eigenvalue weighted by molar-refractivity contribution is -0.121. The highest BCUT2D eigenvalue weighted by Crippen LogP contribution is 2.29. The van der Waals surface area contributed by atoms with Crippen molar-refractivity contribution in [1.82, 2.24) is 10.6 Å². The maximum absolute atomic E-state index is 12.3. The molecule has 0 aliphatic heterocycles. The monoisotopic (exact) mass is 326 g/mol. The maximum atomic E-state index is 12.3. The average Bonchev–Trinajstić information content (AvgIpc) is 3.09. The molecule has 0 heterocycles. The maximum Gasteiger partial charge on any atom is 0.234 e. The first-order valence-corrected chi connectivity index (χ1v) is 8.76. The lowest BCUT2D eigenvalue weighted by Crippen LogP contribution is -2.50. The van der Waals surface area contributed by atoms with Crippen molar-refractivity contribution >= 4 is 16.7 Å². The summed E-state index contributed by atoms with van der Waals surface area (Å²) < 4.78 is 0. The second kappa shape index (κ2) is 7.32. The molecule has 2 aromatic carbocycles. The average molecular weight is 326 g/mol. The van der Waals surface area contributed by atoms with E-state index in [9.17, 15) is 9.90 Å². The van der Waals surface area contributed by atoms with Crippen LogP contribution in [0.4, 0.5) is 0 Å². The molecule has 1 aliphatic carbocycles. The third kappa shape index (κ3) is 3.60. The van der Waals surface area contributed by atoms with Crippen LogP contribution in [0.2, 0.25) is 0 Å². The molecule has 1 unspecified atom stereocenters. The summed E-state index contributed by atoms with van der Waals surface area (Å²) >= 11 is 0. The molecule has 24 heavy (non-hydrogen) atoms. The summed E-state index contributed by atoms with van der Waals surface area (Å²) in [6.45, 7) is 2.35. The Labute approximate surface area is 143 Å². The van der Waals surface area contributed by atoms with Gasteiger partial charge in [-0.25, -0.2) is 0 Å². The van der Waals surface area contributed by atoms with Gasteiger partial charge in [-0.2, -0.15) is 0 Å². The van der Waals surface area contributed by atoms with Crippen LogP contribution in [-0.4, -0.2) is 29.7 Å². The molecule has 1 atom stereocenters. The standard InChI is InChI=1S/C20H26N2O2/c1-15(17-10-6-8-16-7-2-3-9-18(16)17)22-19(24)13-21-20(14-23)11-4-5-12-20/h2-3,6-10,15,21,23H,4-5,11-14H2,1H3,(H,22,24). The lowest BCUT2D eigenvalue weighted by atomic mass is 9.98. The Morgan fingerprint density at radius 1 is 1.17 bits per heavy atom. The Kier molecular flexibility index (Phi) is 5.17. The second-order valence-corrected chi connectivity index (χ2v) is 6.86. The Morgan fingerprint density at radius 3 is 2.62 bits per heavy atom. The number of hydrogen-bond acceptors (Lipinski definition) is 3. The number of aliphatic hydroxyl groups is 1. The first-order chi connectivity index (χ1) is 11.6. The van der Waals surface area contributed by atoms with Gasteiger partial charge in [0.25, 0.3) is 0 Å². The zero-order valence-corrected chi connectivity index (χ0v) is 14.2. The first-order valence-electron chi connectivity index (χ1n) is 8.76. The van der Waals surface area contributed by atoms with Gasteiger partial charge < -0.3 is 15.7 Å². The molecule has 4 heteroatoms. The number of carbonyl (C=O) groups excluding carboxylic acids is 1. The minimum Gasteiger partial charge on any atom is -0.394 e. The van der Waals surface area contributed by atoms with Crippen LogP contribution in [0, 0.1) is 0 Å². The minimum atomic E-state index is -0.264. The molecule has 0 saturated heterocycles. The summed E-state index contributed by atoms with van der Waals surface area (Å²) in [5, 5.41) is 18.3. The van der Waals surface area contributed by atoms with Gasteiger partial charge in [0.05, 0.1) is 19.2 Å². The number of carbonyl (C=O) groups is 1. The first kappa shape index (κ1) is 16.9. The molecule has 1 fully saturated rings. The molecule has 0 bridgehead atoms. The number of aliphatic hydroxyl groups excluding tert-OH is 1. The largest absolute Gasteiger partial charge is 0.394 e. The molecule has 128 valence electrons. The Morgan fingerprint density at radius 2 is 1.88 bits per heavy atom. The Hall–Kier alpha value is -1.91. The van der Waals surface area contributed by atoms with Crippen LogP contribution in [0.5, 0.6) is 0 Å². The van der Waals surface area contributed by atoms with Crippen LogP contribution in [-0.2, 0) is 4.79 Å². The van der Waals surface area contributed by atoms with Crippen LogP contribution in [0.25, 0.3) is 10.8 Å². The summed E-state index contributed by atoms with van der Waals surface area (Å²) in [5.41, 5.74) is 0.860. The van der Waals surface area contributed by atoms with Gasteiger partial charge in [0.1, 0.15) is 0 Å². The van der Waals surface area contributed by atoms with E-state index in [1.165, 1.54) is 10.8 Å². The van der Waals surface area contributed by atoms with E-state index in [0.29, 0.717) is 0 Å². The predicted molar refractivity (Wildman–Crippen MR) is 96.8 cm³/mol. The summed E-state index contributed by atoms with van der Waals surface area (Å²) in [4.78, 5) is 12.3. The van der Waals surface area contributed by atoms with Crippen LogP contribution in [0.3, 0.4) is 0 Å². The number of rotatable bonds is 6. The number of nitrogens with one attached hydrogen (secondary N) is 2. The van der Waals surface area contributed by atoms with Crippen molar-refractivity contribution in [2.24, 2.45) is 0 Å². The molecule has 0 radical (unpaired) electrons. The summed E-state index contributed by atoms with van der Waals surface area (Å²) in [6.07, 6.45) is 4.11. The van der Waals surface area contributed by atoms with Crippen molar-refractivity contribution in [3.8, 4) is 0 Å². The molecule has 1 aliphatic rings. The van der Waals surface area contributed by atoms with Crippen molar-refractivity contribution in [1.29, 1.82) is 0 Å². The topological polar surface area (TPSA) is 61.4 Å². The van der Waals surface area contributed by atoms with Gasteiger partial charge >= 0.3 is 0 Å². The van der Waals surface area contributed by atoms with Crippen molar-refractivity contribution < 1.29 is 9.90 Å². The van der Waals surface area contributed by atoms with E-state index in [4.69, 9.17) is 0 Å². The lowest BCUT2D eigenvalue weighted by Gasteiger charge is -2.28. The highest BCUT2D eigenvalue weighted by atomic mass is 16.3. The van der Waals surface area contributed by atoms with Gasteiger partial charge in [-0.15, -0.1) is 0 Å². The summed E-state index contributed by atoms with van der Waals surface area (Å²) in [6, 6.07) is 14.3. The zero-order valence-electron chi connectivity index (χ0n) is 14.2. The molecule has 1 amide bonds. The predicted octanol–water partition coefficient (Wildman–Crippen LogP) is 2.91. The van der Waals surface area contributed by atoms with Crippen LogP contribution in [0.15, 0.2) is 42.5 Å². The van der Waals surface area contributed by atoms with Crippen LogP contribution in [0.1, 0.15) is 44.2 Å². The normalized spacial score (nSPS) is 17.8. The third-order valence-corrected chi connectivity index (χ3v) is 5.15. The number of benzene rings is 2. The van der Waals surface area contributed by atoms with E-state index in [0.717, 1.165) is 31.2 Å². The highest BCUT2D eigenvalue weighted by molar-refractivity contribution is 5.87. The van der Waals surface area contributed by atoms with E-state index in [2.05, 4.69) is 34.9 Å². The van der Waals surface area contributed by atoms with E-state index >= 15 is 0 Å². The van der Waals surface area contributed by atoms with Gasteiger partial charge in [-0.1, -0.05) is 55.3 Å². The third-order valence-electron chi connectivity index (χ3n) is 5.15. The molecular formula is C20H26N2O2. The Balaban J connectivity index is 1.63. The quantitative estimate of drug-likeness (QED) is 0.765. The SMILES string of the molecule is CC(NC(=O)CNC1(CO)CCCC1)c1cccc2ccccc12. The van der Waals surface area contributed by atoms with E-state index in [1.54, 1.807) is 0 Å². The number of hydrogen-bond donors (Lipinski definition) is 3. The van der Waals surface area contributed by atoms with E-state index in [1.807, 2.05) is 25.1 Å².